The van der Waals surface area contributed by atoms with Crippen molar-refractivity contribution >= 4 is 0 Å². The SMILES string of the molecule is COCCCCC(F)COc1ccc(-c2ccc(O)cc2)cc1. The molecular formula is C19H23FO3. The van der Waals surface area contributed by atoms with Gasteiger partial charge in [0.1, 0.15) is 24.3 Å². The number of phenolic OH excluding ortho intramolecular Hbond substituents is 1. The molecule has 1 unspecified atom stereocenters. The van der Waals surface area contributed by atoms with Gasteiger partial charge in [0.15, 0.2) is 0 Å². The summed E-state index contributed by atoms with van der Waals surface area (Å²) in [6.07, 6.45) is 1.22. The van der Waals surface area contributed by atoms with E-state index >= 15 is 0 Å². The molecular weight excluding hydrogens is 295 g/mol. The van der Waals surface area contributed by atoms with Crippen LogP contribution in [0.25, 0.3) is 11.1 Å². The molecule has 2 rings (SSSR count). The van der Waals surface area contributed by atoms with Crippen molar-refractivity contribution in [1.29, 1.82) is 0 Å². The van der Waals surface area contributed by atoms with Crippen molar-refractivity contribution in [2.24, 2.45) is 0 Å². The summed E-state index contributed by atoms with van der Waals surface area (Å²) in [5, 5.41) is 9.30. The van der Waals surface area contributed by atoms with Gasteiger partial charge in [-0.15, -0.1) is 0 Å². The van der Waals surface area contributed by atoms with E-state index in [0.717, 1.165) is 24.0 Å². The predicted molar refractivity (Wildman–Crippen MR) is 89.7 cm³/mol. The average molecular weight is 318 g/mol. The van der Waals surface area contributed by atoms with E-state index in [2.05, 4.69) is 0 Å². The predicted octanol–water partition coefficient (Wildman–Crippen LogP) is 4.59. The molecule has 0 fully saturated rings. The number of phenols is 1. The highest BCUT2D eigenvalue weighted by molar-refractivity contribution is 5.64. The second-order valence-corrected chi connectivity index (χ2v) is 5.47. The highest BCUT2D eigenvalue weighted by Crippen LogP contribution is 2.24. The van der Waals surface area contributed by atoms with Crippen LogP contribution in [0.1, 0.15) is 19.3 Å². The van der Waals surface area contributed by atoms with Gasteiger partial charge in [0.05, 0.1) is 0 Å². The minimum absolute atomic E-state index is 0.0749. The fraction of sp³-hybridized carbons (Fsp3) is 0.368. The highest BCUT2D eigenvalue weighted by atomic mass is 19.1. The summed E-state index contributed by atoms with van der Waals surface area (Å²) < 4.78 is 24.1. The molecule has 23 heavy (non-hydrogen) atoms. The van der Waals surface area contributed by atoms with Crippen molar-refractivity contribution in [1.82, 2.24) is 0 Å². The first-order valence-corrected chi connectivity index (χ1v) is 7.84. The van der Waals surface area contributed by atoms with Gasteiger partial charge in [0, 0.05) is 13.7 Å². The first kappa shape index (κ1) is 17.3. The monoisotopic (exact) mass is 318 g/mol. The van der Waals surface area contributed by atoms with Gasteiger partial charge in [-0.3, -0.25) is 0 Å². The molecule has 4 heteroatoms. The van der Waals surface area contributed by atoms with Gasteiger partial charge in [-0.25, -0.2) is 4.39 Å². The van der Waals surface area contributed by atoms with E-state index < -0.39 is 6.17 Å². The van der Waals surface area contributed by atoms with Crippen molar-refractivity contribution in [2.75, 3.05) is 20.3 Å². The molecule has 0 saturated carbocycles. The third-order valence-electron chi connectivity index (χ3n) is 3.60. The lowest BCUT2D eigenvalue weighted by molar-refractivity contribution is 0.167. The third-order valence-corrected chi connectivity index (χ3v) is 3.60. The van der Waals surface area contributed by atoms with Crippen molar-refractivity contribution in [2.45, 2.75) is 25.4 Å². The van der Waals surface area contributed by atoms with Gasteiger partial charge in [0.25, 0.3) is 0 Å². The lowest BCUT2D eigenvalue weighted by Crippen LogP contribution is -2.13. The normalized spacial score (nSPS) is 12.1. The van der Waals surface area contributed by atoms with Gasteiger partial charge in [-0.1, -0.05) is 24.3 Å². The summed E-state index contributed by atoms with van der Waals surface area (Å²) in [5.74, 6) is 0.903. The van der Waals surface area contributed by atoms with E-state index in [1.165, 1.54) is 0 Å². The fourth-order valence-corrected chi connectivity index (χ4v) is 2.28. The first-order chi connectivity index (χ1) is 11.2. The lowest BCUT2D eigenvalue weighted by atomic mass is 10.1. The molecule has 2 aromatic rings. The van der Waals surface area contributed by atoms with Gasteiger partial charge in [0.2, 0.25) is 0 Å². The second-order valence-electron chi connectivity index (χ2n) is 5.47. The number of unbranched alkanes of at least 4 members (excludes halogenated alkanes) is 1. The first-order valence-electron chi connectivity index (χ1n) is 7.84. The van der Waals surface area contributed by atoms with Crippen LogP contribution in [0.5, 0.6) is 11.5 Å². The van der Waals surface area contributed by atoms with Crippen LogP contribution in [0.4, 0.5) is 4.39 Å². The van der Waals surface area contributed by atoms with E-state index in [9.17, 15) is 9.50 Å². The van der Waals surface area contributed by atoms with Crippen LogP contribution in [-0.2, 0) is 4.74 Å². The Morgan fingerprint density at radius 1 is 0.957 bits per heavy atom. The molecule has 0 aliphatic carbocycles. The van der Waals surface area contributed by atoms with Crippen molar-refractivity contribution in [3.63, 3.8) is 0 Å². The molecule has 0 aliphatic heterocycles. The summed E-state index contributed by atoms with van der Waals surface area (Å²) in [4.78, 5) is 0. The molecule has 0 heterocycles. The summed E-state index contributed by atoms with van der Waals surface area (Å²) in [5.41, 5.74) is 2.03. The molecule has 0 radical (unpaired) electrons. The summed E-state index contributed by atoms with van der Waals surface area (Å²) >= 11 is 0. The Morgan fingerprint density at radius 3 is 2.17 bits per heavy atom. The molecule has 0 amide bonds. The number of rotatable bonds is 9. The Labute approximate surface area is 136 Å². The molecule has 1 N–H and O–H groups in total. The van der Waals surface area contributed by atoms with Crippen LogP contribution in [-0.4, -0.2) is 31.6 Å². The number of halogens is 1. The zero-order valence-corrected chi connectivity index (χ0v) is 13.4. The average Bonchev–Trinajstić information content (AvgIpc) is 2.58. The standard InChI is InChI=1S/C19H23FO3/c1-22-13-3-2-4-17(20)14-23-19-11-7-16(8-12-19)15-5-9-18(21)10-6-15/h5-12,17,21H,2-4,13-14H2,1H3. The number of methoxy groups -OCH3 is 1. The third kappa shape index (κ3) is 5.91. The number of benzene rings is 2. The summed E-state index contributed by atoms with van der Waals surface area (Å²) in [7, 11) is 1.65. The maximum atomic E-state index is 13.7. The van der Waals surface area contributed by atoms with Crippen molar-refractivity contribution in [3.8, 4) is 22.6 Å². The number of hydrogen-bond acceptors (Lipinski definition) is 3. The Morgan fingerprint density at radius 2 is 1.57 bits per heavy atom. The number of aromatic hydroxyl groups is 1. The van der Waals surface area contributed by atoms with Crippen LogP contribution in [0.15, 0.2) is 48.5 Å². The zero-order valence-electron chi connectivity index (χ0n) is 13.4. The number of hydrogen-bond donors (Lipinski definition) is 1. The van der Waals surface area contributed by atoms with Crippen molar-refractivity contribution in [3.05, 3.63) is 48.5 Å². The molecule has 0 bridgehead atoms. The minimum atomic E-state index is -0.955. The van der Waals surface area contributed by atoms with Crippen LogP contribution in [0.3, 0.4) is 0 Å². The van der Waals surface area contributed by atoms with Crippen LogP contribution in [0, 0.1) is 0 Å². The highest BCUT2D eigenvalue weighted by Gasteiger charge is 2.07. The molecule has 0 spiro atoms. The summed E-state index contributed by atoms with van der Waals surface area (Å²) in [6, 6.07) is 14.5. The van der Waals surface area contributed by atoms with Gasteiger partial charge >= 0.3 is 0 Å². The van der Waals surface area contributed by atoms with Crippen LogP contribution < -0.4 is 4.74 Å². The molecule has 124 valence electrons. The van der Waals surface area contributed by atoms with E-state index in [1.807, 2.05) is 36.4 Å². The van der Waals surface area contributed by atoms with Gasteiger partial charge in [-0.05, 0) is 54.7 Å². The maximum absolute atomic E-state index is 13.7. The quantitative estimate of drug-likeness (QED) is 0.687. The molecule has 3 nitrogen and oxygen atoms in total. The van der Waals surface area contributed by atoms with Crippen LogP contribution >= 0.6 is 0 Å². The zero-order chi connectivity index (χ0) is 16.5. The Bertz CT molecular complexity index is 566. The largest absolute Gasteiger partial charge is 0.508 e. The molecule has 2 aromatic carbocycles. The van der Waals surface area contributed by atoms with E-state index in [1.54, 1.807) is 19.2 Å². The maximum Gasteiger partial charge on any atom is 0.134 e. The van der Waals surface area contributed by atoms with Gasteiger partial charge in [-0.2, -0.15) is 0 Å². The topological polar surface area (TPSA) is 38.7 Å². The molecule has 1 atom stereocenters. The molecule has 0 saturated heterocycles. The van der Waals surface area contributed by atoms with E-state index in [4.69, 9.17) is 9.47 Å². The second kappa shape index (κ2) is 9.16. The molecule has 0 aromatic heterocycles. The van der Waals surface area contributed by atoms with Crippen molar-refractivity contribution < 1.29 is 19.0 Å². The molecule has 0 aliphatic rings. The number of ether oxygens (including phenoxy) is 2. The van der Waals surface area contributed by atoms with E-state index in [-0.39, 0.29) is 12.4 Å². The lowest BCUT2D eigenvalue weighted by Gasteiger charge is -2.11. The number of alkyl halides is 1. The smallest absolute Gasteiger partial charge is 0.134 e. The Balaban J connectivity index is 1.79. The van der Waals surface area contributed by atoms with E-state index in [0.29, 0.717) is 18.8 Å². The Kier molecular flexibility index (Phi) is 6.88. The van der Waals surface area contributed by atoms with Crippen LogP contribution in [0.2, 0.25) is 0 Å². The summed E-state index contributed by atoms with van der Waals surface area (Å²) in [6.45, 7) is 0.748. The fourth-order valence-electron chi connectivity index (χ4n) is 2.28. The minimum Gasteiger partial charge on any atom is -0.508 e. The Hall–Kier alpha value is -2.07. The van der Waals surface area contributed by atoms with Gasteiger partial charge < -0.3 is 14.6 Å².